The van der Waals surface area contributed by atoms with E-state index in [2.05, 4.69) is 20.9 Å². The first-order valence-corrected chi connectivity index (χ1v) is 9.48. The van der Waals surface area contributed by atoms with Crippen molar-refractivity contribution in [2.45, 2.75) is 30.8 Å². The van der Waals surface area contributed by atoms with Gasteiger partial charge in [-0.05, 0) is 55.6 Å². The van der Waals surface area contributed by atoms with Crippen LogP contribution in [-0.4, -0.2) is 41.6 Å². The number of hydrogen-bond acceptors (Lipinski definition) is 4. The molecule has 0 unspecified atom stereocenters. The Balaban J connectivity index is 1.62. The minimum Gasteiger partial charge on any atom is -0.350 e. The Morgan fingerprint density at radius 2 is 1.89 bits per heavy atom. The molecule has 2 aromatic rings. The van der Waals surface area contributed by atoms with E-state index in [-0.39, 0.29) is 18.0 Å². The van der Waals surface area contributed by atoms with Gasteiger partial charge in [0.15, 0.2) is 11.6 Å². The fraction of sp³-hybridized carbons (Fsp3) is 0.429. The Morgan fingerprint density at radius 1 is 1.07 bits per heavy atom. The molecule has 4 aliphatic heterocycles. The van der Waals surface area contributed by atoms with Crippen LogP contribution < -0.4 is 4.90 Å². The molecular weight excluding hydrogens is 346 g/mol. The van der Waals surface area contributed by atoms with Crippen molar-refractivity contribution < 1.29 is 8.78 Å². The van der Waals surface area contributed by atoms with Crippen molar-refractivity contribution >= 4 is 5.82 Å². The summed E-state index contributed by atoms with van der Waals surface area (Å²) >= 11 is 0. The topological polar surface area (TPSA) is 43.2 Å². The lowest BCUT2D eigenvalue weighted by molar-refractivity contribution is 0.0350. The molecule has 6 rings (SSSR count). The summed E-state index contributed by atoms with van der Waals surface area (Å²) in [6.07, 6.45) is 3.90. The fourth-order valence-corrected chi connectivity index (χ4v) is 5.46. The molecule has 3 atom stereocenters. The normalized spacial score (nSPS) is 31.6. The van der Waals surface area contributed by atoms with Gasteiger partial charge >= 0.3 is 0 Å². The highest BCUT2D eigenvalue weighted by atomic mass is 19.2. The van der Waals surface area contributed by atoms with Crippen molar-refractivity contribution in [2.75, 3.05) is 24.5 Å². The van der Waals surface area contributed by atoms with Crippen molar-refractivity contribution in [2.24, 2.45) is 5.92 Å². The van der Waals surface area contributed by atoms with Gasteiger partial charge in [0.2, 0.25) is 0 Å². The molecule has 6 heteroatoms. The van der Waals surface area contributed by atoms with E-state index in [1.54, 1.807) is 30.5 Å². The van der Waals surface area contributed by atoms with E-state index in [4.69, 9.17) is 0 Å². The number of rotatable bonds is 2. The largest absolute Gasteiger partial charge is 0.350 e. The second-order valence-electron chi connectivity index (χ2n) is 7.74. The SMILES string of the molecule is N#Cc1cccnc1N1C[C@@H](c2cccc(F)c2F)[C@@H]2[C@H]1C1CCN2CC1. The lowest BCUT2D eigenvalue weighted by Crippen LogP contribution is -2.60. The van der Waals surface area contributed by atoms with E-state index in [1.165, 1.54) is 6.07 Å². The van der Waals surface area contributed by atoms with Gasteiger partial charge in [0.25, 0.3) is 0 Å². The molecule has 4 aliphatic rings. The summed E-state index contributed by atoms with van der Waals surface area (Å²) in [5, 5.41) is 9.53. The molecule has 2 bridgehead atoms. The van der Waals surface area contributed by atoms with Crippen molar-refractivity contribution in [3.63, 3.8) is 0 Å². The second kappa shape index (κ2) is 6.28. The number of aromatic nitrogens is 1. The molecule has 0 N–H and O–H groups in total. The number of nitrogens with zero attached hydrogens (tertiary/aromatic N) is 4. The van der Waals surface area contributed by atoms with E-state index in [0.717, 1.165) is 25.9 Å². The third kappa shape index (κ3) is 2.45. The second-order valence-corrected chi connectivity index (χ2v) is 7.74. The summed E-state index contributed by atoms with van der Waals surface area (Å²) in [6.45, 7) is 2.55. The molecule has 0 spiro atoms. The van der Waals surface area contributed by atoms with Crippen LogP contribution in [0.2, 0.25) is 0 Å². The third-order valence-electron chi connectivity index (χ3n) is 6.55. The summed E-state index contributed by atoms with van der Waals surface area (Å²) in [5.74, 6) is -0.512. The average Bonchev–Trinajstić information content (AvgIpc) is 3.13. The summed E-state index contributed by atoms with van der Waals surface area (Å²) < 4.78 is 28.6. The van der Waals surface area contributed by atoms with Crippen molar-refractivity contribution in [3.8, 4) is 6.07 Å². The van der Waals surface area contributed by atoms with E-state index >= 15 is 0 Å². The van der Waals surface area contributed by atoms with E-state index < -0.39 is 11.6 Å². The highest BCUT2D eigenvalue weighted by Crippen LogP contribution is 2.48. The molecule has 0 aliphatic carbocycles. The first kappa shape index (κ1) is 16.6. The van der Waals surface area contributed by atoms with Gasteiger partial charge in [0.1, 0.15) is 11.9 Å². The summed E-state index contributed by atoms with van der Waals surface area (Å²) in [6, 6.07) is 10.5. The zero-order chi connectivity index (χ0) is 18.5. The standard InChI is InChI=1S/C21H20F2N4/c22-17-5-1-4-15(18(17)23)16-12-27(21-14(11-24)3-2-8-25-21)19-13-6-9-26(10-7-13)20(16)19/h1-5,8,13,16,19-20H,6-7,9-10,12H2/t16-,19+,20+/m0/s1. The Bertz CT molecular complexity index is 917. The average molecular weight is 366 g/mol. The van der Waals surface area contributed by atoms with Gasteiger partial charge < -0.3 is 4.90 Å². The third-order valence-corrected chi connectivity index (χ3v) is 6.55. The number of halogens is 2. The van der Waals surface area contributed by atoms with Crippen LogP contribution in [0.1, 0.15) is 29.9 Å². The van der Waals surface area contributed by atoms with Crippen LogP contribution >= 0.6 is 0 Å². The first-order valence-electron chi connectivity index (χ1n) is 9.48. The molecule has 27 heavy (non-hydrogen) atoms. The maximum Gasteiger partial charge on any atom is 0.162 e. The predicted octanol–water partition coefficient (Wildman–Crippen LogP) is 3.30. The van der Waals surface area contributed by atoms with Gasteiger partial charge in [0, 0.05) is 30.7 Å². The number of benzene rings is 1. The van der Waals surface area contributed by atoms with Crippen molar-refractivity contribution in [1.29, 1.82) is 5.26 Å². The van der Waals surface area contributed by atoms with Crippen LogP contribution in [0.5, 0.6) is 0 Å². The number of pyridine rings is 1. The molecule has 4 fully saturated rings. The molecule has 4 nitrogen and oxygen atoms in total. The molecule has 5 heterocycles. The minimum absolute atomic E-state index is 0.127. The predicted molar refractivity (Wildman–Crippen MR) is 97.3 cm³/mol. The monoisotopic (exact) mass is 366 g/mol. The number of fused-ring (bicyclic) bond motifs is 2. The lowest BCUT2D eigenvalue weighted by atomic mass is 9.75. The Kier molecular flexibility index (Phi) is 3.87. The number of anilines is 1. The Hall–Kier alpha value is -2.52. The van der Waals surface area contributed by atoms with Gasteiger partial charge in [-0.2, -0.15) is 5.26 Å². The maximum absolute atomic E-state index is 14.6. The van der Waals surface area contributed by atoms with Crippen molar-refractivity contribution in [1.82, 2.24) is 9.88 Å². The Morgan fingerprint density at radius 3 is 2.67 bits per heavy atom. The maximum atomic E-state index is 14.6. The molecule has 4 saturated heterocycles. The van der Waals surface area contributed by atoms with Crippen LogP contribution in [0.15, 0.2) is 36.5 Å². The lowest BCUT2D eigenvalue weighted by Gasteiger charge is -2.51. The van der Waals surface area contributed by atoms with Gasteiger partial charge in [-0.3, -0.25) is 4.90 Å². The summed E-state index contributed by atoms with van der Waals surface area (Å²) in [5.41, 5.74) is 0.975. The van der Waals surface area contributed by atoms with Crippen LogP contribution in [0.25, 0.3) is 0 Å². The zero-order valence-electron chi connectivity index (χ0n) is 14.9. The van der Waals surface area contributed by atoms with E-state index in [0.29, 0.717) is 29.4 Å². The molecule has 1 aromatic carbocycles. The van der Waals surface area contributed by atoms with Crippen LogP contribution in [0.3, 0.4) is 0 Å². The smallest absolute Gasteiger partial charge is 0.162 e. The van der Waals surface area contributed by atoms with E-state index in [1.807, 2.05) is 0 Å². The number of piperidine rings is 3. The van der Waals surface area contributed by atoms with Crippen LogP contribution in [0.4, 0.5) is 14.6 Å². The quantitative estimate of drug-likeness (QED) is 0.818. The highest BCUT2D eigenvalue weighted by molar-refractivity contribution is 5.57. The van der Waals surface area contributed by atoms with Crippen molar-refractivity contribution in [3.05, 3.63) is 59.3 Å². The molecule has 0 saturated carbocycles. The molecule has 138 valence electrons. The number of hydrogen-bond donors (Lipinski definition) is 0. The minimum atomic E-state index is -0.797. The molecule has 0 radical (unpaired) electrons. The van der Waals surface area contributed by atoms with Crippen LogP contribution in [-0.2, 0) is 0 Å². The Labute approximate surface area is 157 Å². The first-order chi connectivity index (χ1) is 13.2. The summed E-state index contributed by atoms with van der Waals surface area (Å²) in [7, 11) is 0. The molecule has 1 aromatic heterocycles. The number of nitriles is 1. The fourth-order valence-electron chi connectivity index (χ4n) is 5.46. The zero-order valence-corrected chi connectivity index (χ0v) is 14.9. The molecule has 0 amide bonds. The molecular formula is C21H20F2N4. The van der Waals surface area contributed by atoms with Crippen LogP contribution in [0, 0.1) is 28.9 Å². The van der Waals surface area contributed by atoms with Gasteiger partial charge in [-0.15, -0.1) is 0 Å². The van der Waals surface area contributed by atoms with E-state index in [9.17, 15) is 14.0 Å². The highest BCUT2D eigenvalue weighted by Gasteiger charge is 2.54. The van der Waals surface area contributed by atoms with Gasteiger partial charge in [0.05, 0.1) is 5.56 Å². The summed E-state index contributed by atoms with van der Waals surface area (Å²) in [4.78, 5) is 9.11. The van der Waals surface area contributed by atoms with Gasteiger partial charge in [-0.25, -0.2) is 13.8 Å². The van der Waals surface area contributed by atoms with Gasteiger partial charge in [-0.1, -0.05) is 12.1 Å².